The molecule has 0 radical (unpaired) electrons. The molecule has 0 unspecified atom stereocenters. The third kappa shape index (κ3) is 6.38. The Kier molecular flexibility index (Phi) is 7.13. The summed E-state index contributed by atoms with van der Waals surface area (Å²) in [6.45, 7) is 0.183. The van der Waals surface area contributed by atoms with E-state index >= 15 is 0 Å². The third-order valence-electron chi connectivity index (χ3n) is 4.86. The molecule has 4 aromatic carbocycles. The number of nitrogens with zero attached hydrogens (tertiary/aromatic N) is 2. The van der Waals surface area contributed by atoms with Crippen LogP contribution in [0.1, 0.15) is 16.7 Å². The van der Waals surface area contributed by atoms with E-state index in [2.05, 4.69) is 15.5 Å². The standard InChI is InChI=1S/C27H19F4N3/c28-23-9-20(10-24(29)11-23)16-32-15-18-1-5-21(6-2-18)22-7-3-19(4-8-22)17-33-34-27-13-25(30)12-26(31)14-27/h1-15,17,34H,16H2/b32-15?,33-17+. The normalized spacial score (nSPS) is 11.4. The molecule has 7 heteroatoms. The van der Waals surface area contributed by atoms with E-state index in [0.29, 0.717) is 5.56 Å². The van der Waals surface area contributed by atoms with Crippen molar-refractivity contribution in [1.29, 1.82) is 0 Å². The smallest absolute Gasteiger partial charge is 0.128 e. The van der Waals surface area contributed by atoms with Gasteiger partial charge in [-0.25, -0.2) is 17.6 Å². The van der Waals surface area contributed by atoms with Gasteiger partial charge in [-0.1, -0.05) is 48.5 Å². The molecule has 3 nitrogen and oxygen atoms in total. The zero-order valence-electron chi connectivity index (χ0n) is 17.9. The lowest BCUT2D eigenvalue weighted by molar-refractivity contribution is 0.579. The Bertz CT molecular complexity index is 1190. The fraction of sp³-hybridized carbons (Fsp3) is 0.0370. The van der Waals surface area contributed by atoms with Gasteiger partial charge in [-0.2, -0.15) is 5.10 Å². The number of rotatable bonds is 7. The summed E-state index contributed by atoms with van der Waals surface area (Å²) in [4.78, 5) is 4.25. The summed E-state index contributed by atoms with van der Waals surface area (Å²) >= 11 is 0. The van der Waals surface area contributed by atoms with Gasteiger partial charge in [0.05, 0.1) is 18.4 Å². The lowest BCUT2D eigenvalue weighted by atomic mass is 10.0. The summed E-state index contributed by atoms with van der Waals surface area (Å²) in [6.07, 6.45) is 3.21. The highest BCUT2D eigenvalue weighted by atomic mass is 19.1. The molecule has 0 bridgehead atoms. The van der Waals surface area contributed by atoms with E-state index in [1.807, 2.05) is 48.5 Å². The van der Waals surface area contributed by atoms with E-state index in [1.54, 1.807) is 12.4 Å². The summed E-state index contributed by atoms with van der Waals surface area (Å²) in [6, 6.07) is 21.8. The van der Waals surface area contributed by atoms with Crippen molar-refractivity contribution in [2.75, 3.05) is 5.43 Å². The Morgan fingerprint density at radius 2 is 1.06 bits per heavy atom. The molecule has 0 aliphatic rings. The van der Waals surface area contributed by atoms with Crippen LogP contribution < -0.4 is 5.43 Å². The van der Waals surface area contributed by atoms with E-state index in [1.165, 1.54) is 12.1 Å². The monoisotopic (exact) mass is 461 g/mol. The highest BCUT2D eigenvalue weighted by Gasteiger charge is 2.01. The first-order valence-electron chi connectivity index (χ1n) is 10.3. The van der Waals surface area contributed by atoms with Crippen molar-refractivity contribution in [1.82, 2.24) is 0 Å². The average Bonchev–Trinajstić information content (AvgIpc) is 2.79. The topological polar surface area (TPSA) is 36.8 Å². The van der Waals surface area contributed by atoms with Crippen molar-refractivity contribution in [2.24, 2.45) is 10.1 Å². The van der Waals surface area contributed by atoms with E-state index in [4.69, 9.17) is 0 Å². The second-order valence-corrected chi connectivity index (χ2v) is 7.52. The fourth-order valence-electron chi connectivity index (χ4n) is 3.28. The van der Waals surface area contributed by atoms with Gasteiger partial charge in [0.25, 0.3) is 0 Å². The maximum atomic E-state index is 13.2. The minimum Gasteiger partial charge on any atom is -0.288 e. The van der Waals surface area contributed by atoms with E-state index < -0.39 is 23.3 Å². The van der Waals surface area contributed by atoms with Gasteiger partial charge >= 0.3 is 0 Å². The predicted octanol–water partition coefficient (Wildman–Crippen LogP) is 6.98. The molecular formula is C27H19F4N3. The Hall–Kier alpha value is -4.26. The van der Waals surface area contributed by atoms with Crippen LogP contribution in [0.3, 0.4) is 0 Å². The molecule has 4 rings (SSSR count). The molecule has 0 saturated heterocycles. The van der Waals surface area contributed by atoms with Crippen LogP contribution in [-0.2, 0) is 6.54 Å². The summed E-state index contributed by atoms with van der Waals surface area (Å²) < 4.78 is 52.9. The van der Waals surface area contributed by atoms with Crippen LogP contribution in [0.25, 0.3) is 11.1 Å². The molecule has 0 heterocycles. The van der Waals surface area contributed by atoms with Crippen LogP contribution >= 0.6 is 0 Å². The van der Waals surface area contributed by atoms with Crippen LogP contribution in [0.4, 0.5) is 23.2 Å². The lowest BCUT2D eigenvalue weighted by Gasteiger charge is -2.04. The fourth-order valence-corrected chi connectivity index (χ4v) is 3.28. The number of anilines is 1. The summed E-state index contributed by atoms with van der Waals surface area (Å²) in [5, 5.41) is 4.00. The molecule has 0 aliphatic heterocycles. The van der Waals surface area contributed by atoms with Crippen LogP contribution in [0.2, 0.25) is 0 Å². The molecule has 170 valence electrons. The summed E-state index contributed by atoms with van der Waals surface area (Å²) in [5.41, 5.74) is 6.96. The van der Waals surface area contributed by atoms with Gasteiger partial charge in [0.2, 0.25) is 0 Å². The third-order valence-corrected chi connectivity index (χ3v) is 4.86. The van der Waals surface area contributed by atoms with Crippen LogP contribution in [0.15, 0.2) is 95.0 Å². The van der Waals surface area contributed by atoms with Crippen molar-refractivity contribution in [3.8, 4) is 11.1 Å². The highest BCUT2D eigenvalue weighted by molar-refractivity contribution is 5.83. The Morgan fingerprint density at radius 1 is 0.588 bits per heavy atom. The first-order chi connectivity index (χ1) is 16.4. The molecule has 0 saturated carbocycles. The quantitative estimate of drug-likeness (QED) is 0.180. The first-order valence-corrected chi connectivity index (χ1v) is 10.3. The van der Waals surface area contributed by atoms with Crippen molar-refractivity contribution in [2.45, 2.75) is 6.54 Å². The first kappa shape index (κ1) is 22.9. The summed E-state index contributed by atoms with van der Waals surface area (Å²) in [5.74, 6) is -2.60. The van der Waals surface area contributed by atoms with Crippen LogP contribution in [-0.4, -0.2) is 12.4 Å². The predicted molar refractivity (Wildman–Crippen MR) is 127 cm³/mol. The molecule has 34 heavy (non-hydrogen) atoms. The molecule has 0 fully saturated rings. The Balaban J connectivity index is 1.35. The van der Waals surface area contributed by atoms with Crippen molar-refractivity contribution >= 4 is 18.1 Å². The number of aliphatic imine (C=N–C) groups is 1. The molecule has 1 N–H and O–H groups in total. The van der Waals surface area contributed by atoms with Gasteiger partial charge in [0.1, 0.15) is 23.3 Å². The van der Waals surface area contributed by atoms with Crippen molar-refractivity contribution in [3.63, 3.8) is 0 Å². The largest absolute Gasteiger partial charge is 0.288 e. The van der Waals surface area contributed by atoms with Crippen molar-refractivity contribution in [3.05, 3.63) is 125 Å². The highest BCUT2D eigenvalue weighted by Crippen LogP contribution is 2.20. The minimum absolute atomic E-state index is 0.183. The molecule has 0 amide bonds. The van der Waals surface area contributed by atoms with Crippen molar-refractivity contribution < 1.29 is 17.6 Å². The van der Waals surface area contributed by atoms with Gasteiger partial charge in [0.15, 0.2) is 0 Å². The zero-order chi connectivity index (χ0) is 23.9. The van der Waals surface area contributed by atoms with Gasteiger partial charge in [-0.3, -0.25) is 10.4 Å². The van der Waals surface area contributed by atoms with E-state index in [-0.39, 0.29) is 12.2 Å². The number of nitrogens with one attached hydrogen (secondary N) is 1. The number of benzene rings is 4. The van der Waals surface area contributed by atoms with Gasteiger partial charge in [-0.15, -0.1) is 0 Å². The number of hydrogen-bond donors (Lipinski definition) is 1. The van der Waals surface area contributed by atoms with Gasteiger partial charge in [0, 0.05) is 18.3 Å². The Labute approximate surface area is 194 Å². The lowest BCUT2D eigenvalue weighted by Crippen LogP contribution is -1.92. The molecule has 0 aromatic heterocycles. The minimum atomic E-state index is -0.679. The van der Waals surface area contributed by atoms with Gasteiger partial charge in [-0.05, 0) is 52.1 Å². The Morgan fingerprint density at radius 3 is 1.59 bits per heavy atom. The number of hydrazone groups is 1. The molecule has 0 spiro atoms. The van der Waals surface area contributed by atoms with Crippen LogP contribution in [0, 0.1) is 23.3 Å². The summed E-state index contributed by atoms with van der Waals surface area (Å²) in [7, 11) is 0. The SMILES string of the molecule is Fc1cc(F)cc(CN=Cc2ccc(-c3ccc(/C=N/Nc4cc(F)cc(F)c4)cc3)cc2)c1. The second kappa shape index (κ2) is 10.6. The molecular weight excluding hydrogens is 442 g/mol. The zero-order valence-corrected chi connectivity index (χ0v) is 17.9. The van der Waals surface area contributed by atoms with E-state index in [9.17, 15) is 17.6 Å². The maximum absolute atomic E-state index is 13.2. The van der Waals surface area contributed by atoms with Gasteiger partial charge < -0.3 is 0 Å². The molecule has 0 atom stereocenters. The maximum Gasteiger partial charge on any atom is 0.128 e. The van der Waals surface area contributed by atoms with E-state index in [0.717, 1.165) is 46.5 Å². The number of hydrogen-bond acceptors (Lipinski definition) is 3. The second-order valence-electron chi connectivity index (χ2n) is 7.52. The average molecular weight is 461 g/mol. The molecule has 0 aliphatic carbocycles. The molecule has 4 aromatic rings. The van der Waals surface area contributed by atoms with Crippen LogP contribution in [0.5, 0.6) is 0 Å². The number of halogens is 4.